The predicted octanol–water partition coefficient (Wildman–Crippen LogP) is 0.426. The number of aliphatic hydroxyl groups is 1. The number of nitrogens with one attached hydrogen (secondary N) is 1. The molecule has 1 atom stereocenters. The molecule has 2 fully saturated rings. The first kappa shape index (κ1) is 19.6. The maximum absolute atomic E-state index is 12.6. The Balaban J connectivity index is 1.62. The number of amides is 1. The van der Waals surface area contributed by atoms with Crippen molar-refractivity contribution in [2.45, 2.75) is 31.3 Å². The molecule has 1 amide bonds. The number of anilines is 1. The van der Waals surface area contributed by atoms with Crippen molar-refractivity contribution in [3.8, 4) is 0 Å². The van der Waals surface area contributed by atoms with E-state index in [1.54, 1.807) is 29.2 Å². The predicted molar refractivity (Wildman–Crippen MR) is 99.2 cm³/mol. The number of nitrogens with zero attached hydrogens (tertiary/aromatic N) is 1. The number of benzene rings is 1. The average Bonchev–Trinajstić information content (AvgIpc) is 3.41. The molecule has 9 heteroatoms. The first-order valence-electron chi connectivity index (χ1n) is 9.04. The van der Waals surface area contributed by atoms with Crippen LogP contribution in [-0.2, 0) is 19.4 Å². The van der Waals surface area contributed by atoms with Gasteiger partial charge in [0.25, 0.3) is 5.91 Å². The Labute approximate surface area is 158 Å². The van der Waals surface area contributed by atoms with Crippen molar-refractivity contribution in [1.29, 1.82) is 0 Å². The normalized spacial score (nSPS) is 20.9. The Kier molecular flexibility index (Phi) is 6.01. The van der Waals surface area contributed by atoms with Gasteiger partial charge in [0.05, 0.1) is 23.7 Å². The van der Waals surface area contributed by atoms with Crippen LogP contribution in [0.25, 0.3) is 0 Å². The molecular weight excluding hydrogens is 372 g/mol. The summed E-state index contributed by atoms with van der Waals surface area (Å²) in [5.41, 5.74) is 0.796. The summed E-state index contributed by atoms with van der Waals surface area (Å²) in [6.07, 6.45) is 2.14. The SMILES string of the molecule is O=C(OCC(=O)N(C1CC1)[C@@H]1CCS(=O)(=O)C1)c1ccccc1NCCO. The lowest BCUT2D eigenvalue weighted by atomic mass is 10.2. The van der Waals surface area contributed by atoms with Crippen molar-refractivity contribution in [2.75, 3.05) is 36.6 Å². The highest BCUT2D eigenvalue weighted by Gasteiger charge is 2.42. The molecule has 8 nitrogen and oxygen atoms in total. The number of carbonyl (C=O) groups excluding carboxylic acids is 2. The smallest absolute Gasteiger partial charge is 0.340 e. The third kappa shape index (κ3) is 4.98. The van der Waals surface area contributed by atoms with Crippen molar-refractivity contribution < 1.29 is 27.9 Å². The highest BCUT2D eigenvalue weighted by atomic mass is 32.2. The zero-order valence-electron chi connectivity index (χ0n) is 15.0. The van der Waals surface area contributed by atoms with Crippen LogP contribution >= 0.6 is 0 Å². The van der Waals surface area contributed by atoms with Gasteiger partial charge in [-0.15, -0.1) is 0 Å². The molecule has 0 unspecified atom stereocenters. The molecule has 1 aliphatic carbocycles. The molecule has 3 rings (SSSR count). The first-order chi connectivity index (χ1) is 12.9. The van der Waals surface area contributed by atoms with Gasteiger partial charge in [0.1, 0.15) is 0 Å². The quantitative estimate of drug-likeness (QED) is 0.613. The van der Waals surface area contributed by atoms with E-state index in [9.17, 15) is 18.0 Å². The second-order valence-electron chi connectivity index (χ2n) is 6.86. The minimum atomic E-state index is -3.10. The highest BCUT2D eigenvalue weighted by Crippen LogP contribution is 2.32. The third-order valence-electron chi connectivity index (χ3n) is 4.73. The van der Waals surface area contributed by atoms with Crippen LogP contribution in [0.1, 0.15) is 29.6 Å². The van der Waals surface area contributed by atoms with E-state index < -0.39 is 22.4 Å². The van der Waals surface area contributed by atoms with Gasteiger partial charge in [0, 0.05) is 24.3 Å². The van der Waals surface area contributed by atoms with Gasteiger partial charge in [-0.1, -0.05) is 12.1 Å². The Morgan fingerprint density at radius 3 is 2.56 bits per heavy atom. The van der Waals surface area contributed by atoms with E-state index in [-0.39, 0.29) is 48.2 Å². The molecule has 0 radical (unpaired) electrons. The van der Waals surface area contributed by atoms with Gasteiger partial charge >= 0.3 is 5.97 Å². The molecule has 1 aliphatic heterocycles. The summed E-state index contributed by atoms with van der Waals surface area (Å²) in [5, 5.41) is 11.8. The van der Waals surface area contributed by atoms with Crippen LogP contribution in [-0.4, -0.2) is 73.6 Å². The molecule has 148 valence electrons. The lowest BCUT2D eigenvalue weighted by Gasteiger charge is -2.28. The second-order valence-corrected chi connectivity index (χ2v) is 9.09. The van der Waals surface area contributed by atoms with Crippen LogP contribution in [0, 0.1) is 0 Å². The molecule has 1 saturated carbocycles. The fraction of sp³-hybridized carbons (Fsp3) is 0.556. The number of para-hydroxylation sites is 1. The van der Waals surface area contributed by atoms with Crippen LogP contribution in [0.4, 0.5) is 5.69 Å². The third-order valence-corrected chi connectivity index (χ3v) is 6.48. The van der Waals surface area contributed by atoms with Crippen LogP contribution in [0.2, 0.25) is 0 Å². The molecule has 0 spiro atoms. The number of aliphatic hydroxyl groups excluding tert-OH is 1. The van der Waals surface area contributed by atoms with Crippen LogP contribution < -0.4 is 5.32 Å². The topological polar surface area (TPSA) is 113 Å². The van der Waals surface area contributed by atoms with Crippen molar-refractivity contribution in [3.05, 3.63) is 29.8 Å². The lowest BCUT2D eigenvalue weighted by molar-refractivity contribution is -0.137. The van der Waals surface area contributed by atoms with Crippen LogP contribution in [0.5, 0.6) is 0 Å². The van der Waals surface area contributed by atoms with E-state index >= 15 is 0 Å². The summed E-state index contributed by atoms with van der Waals surface area (Å²) in [5.74, 6) is -0.914. The van der Waals surface area contributed by atoms with E-state index in [1.807, 2.05) is 0 Å². The van der Waals surface area contributed by atoms with Crippen molar-refractivity contribution in [1.82, 2.24) is 4.90 Å². The summed E-state index contributed by atoms with van der Waals surface area (Å²) in [7, 11) is -3.10. The minimum absolute atomic E-state index is 0.0168. The van der Waals surface area contributed by atoms with Crippen molar-refractivity contribution in [2.24, 2.45) is 0 Å². The van der Waals surface area contributed by atoms with E-state index in [2.05, 4.69) is 5.32 Å². The molecule has 27 heavy (non-hydrogen) atoms. The van der Waals surface area contributed by atoms with Crippen molar-refractivity contribution in [3.63, 3.8) is 0 Å². The molecule has 1 heterocycles. The molecule has 1 aromatic carbocycles. The Bertz CT molecular complexity index is 806. The summed E-state index contributed by atoms with van der Waals surface area (Å²) in [6, 6.07) is 6.42. The number of hydrogen-bond acceptors (Lipinski definition) is 7. The molecular formula is C18H24N2O6S. The van der Waals surface area contributed by atoms with Crippen LogP contribution in [0.15, 0.2) is 24.3 Å². The zero-order valence-corrected chi connectivity index (χ0v) is 15.8. The Hall–Kier alpha value is -2.13. The van der Waals surface area contributed by atoms with Gasteiger partial charge in [0.15, 0.2) is 16.4 Å². The molecule has 1 saturated heterocycles. The zero-order chi connectivity index (χ0) is 19.4. The monoisotopic (exact) mass is 396 g/mol. The van der Waals surface area contributed by atoms with Gasteiger partial charge in [-0.2, -0.15) is 0 Å². The van der Waals surface area contributed by atoms with Gasteiger partial charge < -0.3 is 20.1 Å². The Morgan fingerprint density at radius 1 is 1.19 bits per heavy atom. The number of esters is 1. The molecule has 2 N–H and O–H groups in total. The van der Waals surface area contributed by atoms with Crippen molar-refractivity contribution >= 4 is 27.4 Å². The fourth-order valence-electron chi connectivity index (χ4n) is 3.34. The maximum Gasteiger partial charge on any atom is 0.340 e. The van der Waals surface area contributed by atoms with E-state index in [0.717, 1.165) is 12.8 Å². The summed E-state index contributed by atoms with van der Waals surface area (Å²) in [4.78, 5) is 26.6. The molecule has 2 aliphatic rings. The van der Waals surface area contributed by atoms with E-state index in [4.69, 9.17) is 9.84 Å². The number of rotatable bonds is 8. The Morgan fingerprint density at radius 2 is 1.93 bits per heavy atom. The lowest BCUT2D eigenvalue weighted by Crippen LogP contribution is -2.44. The number of hydrogen-bond donors (Lipinski definition) is 2. The van der Waals surface area contributed by atoms with Gasteiger partial charge in [-0.3, -0.25) is 4.79 Å². The number of sulfone groups is 1. The van der Waals surface area contributed by atoms with Crippen LogP contribution in [0.3, 0.4) is 0 Å². The van der Waals surface area contributed by atoms with Gasteiger partial charge in [0.2, 0.25) is 0 Å². The fourth-order valence-corrected chi connectivity index (χ4v) is 5.05. The molecule has 0 bridgehead atoms. The number of ether oxygens (including phenoxy) is 1. The van der Waals surface area contributed by atoms with Gasteiger partial charge in [-0.25, -0.2) is 13.2 Å². The molecule has 0 aromatic heterocycles. The highest BCUT2D eigenvalue weighted by molar-refractivity contribution is 7.91. The second kappa shape index (κ2) is 8.26. The molecule has 1 aromatic rings. The first-order valence-corrected chi connectivity index (χ1v) is 10.9. The minimum Gasteiger partial charge on any atom is -0.452 e. The van der Waals surface area contributed by atoms with Gasteiger partial charge in [-0.05, 0) is 31.4 Å². The maximum atomic E-state index is 12.6. The van der Waals surface area contributed by atoms with E-state index in [0.29, 0.717) is 12.1 Å². The average molecular weight is 396 g/mol. The van der Waals surface area contributed by atoms with E-state index in [1.165, 1.54) is 0 Å². The summed E-state index contributed by atoms with van der Waals surface area (Å²) in [6.45, 7) is -0.211. The summed E-state index contributed by atoms with van der Waals surface area (Å²) >= 11 is 0. The standard InChI is InChI=1S/C18H24N2O6S/c21-9-8-19-16-4-2-1-3-15(16)18(23)26-11-17(22)20(13-5-6-13)14-7-10-27(24,25)12-14/h1-4,13-14,19,21H,5-12H2/t14-/m1/s1. The largest absolute Gasteiger partial charge is 0.452 e. The summed E-state index contributed by atoms with van der Waals surface area (Å²) < 4.78 is 28.7. The number of carbonyl (C=O) groups is 2.